The zero-order valence-electron chi connectivity index (χ0n) is 12.8. The standard InChI is InChI=1S/C17H19ClFN3O/c18-15-7-4-8-16(19)14(15)11-22-10-13(9-20-22)21-17(23)12-5-2-1-3-6-12/h4,7-10,12H,1-3,5-6,11H2,(H,21,23). The van der Waals surface area contributed by atoms with Gasteiger partial charge in [-0.15, -0.1) is 0 Å². The Bertz CT molecular complexity index is 675. The SMILES string of the molecule is O=C(Nc1cnn(Cc2c(F)cccc2Cl)c1)C1CCCCC1. The number of hydrogen-bond donors (Lipinski definition) is 1. The number of hydrogen-bond acceptors (Lipinski definition) is 2. The second-order valence-corrected chi connectivity index (χ2v) is 6.36. The summed E-state index contributed by atoms with van der Waals surface area (Å²) >= 11 is 6.02. The third-order valence-electron chi connectivity index (χ3n) is 4.26. The van der Waals surface area contributed by atoms with Crippen molar-refractivity contribution in [2.75, 3.05) is 5.32 Å². The minimum Gasteiger partial charge on any atom is -0.323 e. The lowest BCUT2D eigenvalue weighted by molar-refractivity contribution is -0.120. The molecule has 0 atom stereocenters. The summed E-state index contributed by atoms with van der Waals surface area (Å²) in [6.07, 6.45) is 8.62. The van der Waals surface area contributed by atoms with Gasteiger partial charge in [-0.25, -0.2) is 4.39 Å². The first kappa shape index (κ1) is 16.0. The van der Waals surface area contributed by atoms with Crippen molar-refractivity contribution in [3.05, 3.63) is 47.0 Å². The smallest absolute Gasteiger partial charge is 0.227 e. The number of nitrogens with zero attached hydrogens (tertiary/aromatic N) is 2. The van der Waals surface area contributed by atoms with E-state index in [9.17, 15) is 9.18 Å². The average Bonchev–Trinajstić information content (AvgIpc) is 2.99. The Kier molecular flexibility index (Phi) is 4.96. The van der Waals surface area contributed by atoms with Crippen molar-refractivity contribution in [2.45, 2.75) is 38.6 Å². The first-order valence-corrected chi connectivity index (χ1v) is 8.27. The fraction of sp³-hybridized carbons (Fsp3) is 0.412. The van der Waals surface area contributed by atoms with Gasteiger partial charge in [0.15, 0.2) is 0 Å². The summed E-state index contributed by atoms with van der Waals surface area (Å²) in [5.41, 5.74) is 1.02. The predicted octanol–water partition coefficient (Wildman–Crippen LogP) is 4.24. The van der Waals surface area contributed by atoms with Crippen LogP contribution in [0.3, 0.4) is 0 Å². The van der Waals surface area contributed by atoms with Crippen molar-refractivity contribution in [3.63, 3.8) is 0 Å². The lowest BCUT2D eigenvalue weighted by Crippen LogP contribution is -2.24. The number of halogens is 2. The molecule has 0 bridgehead atoms. The van der Waals surface area contributed by atoms with Gasteiger partial charge >= 0.3 is 0 Å². The van der Waals surface area contributed by atoms with E-state index in [1.807, 2.05) is 0 Å². The largest absolute Gasteiger partial charge is 0.323 e. The molecule has 0 aliphatic heterocycles. The molecule has 1 saturated carbocycles. The minimum absolute atomic E-state index is 0.0492. The number of anilines is 1. The second-order valence-electron chi connectivity index (χ2n) is 5.95. The summed E-state index contributed by atoms with van der Waals surface area (Å²) in [5, 5.41) is 7.44. The fourth-order valence-electron chi connectivity index (χ4n) is 2.97. The zero-order chi connectivity index (χ0) is 16.2. The van der Waals surface area contributed by atoms with Crippen LogP contribution in [0.2, 0.25) is 5.02 Å². The van der Waals surface area contributed by atoms with E-state index in [1.165, 1.54) is 12.5 Å². The van der Waals surface area contributed by atoms with Crippen LogP contribution < -0.4 is 5.32 Å². The number of rotatable bonds is 4. The van der Waals surface area contributed by atoms with Crippen molar-refractivity contribution in [3.8, 4) is 0 Å². The van der Waals surface area contributed by atoms with E-state index < -0.39 is 0 Å². The summed E-state index contributed by atoms with van der Waals surface area (Å²) in [6.45, 7) is 0.227. The van der Waals surface area contributed by atoms with Crippen LogP contribution in [-0.2, 0) is 11.3 Å². The molecule has 1 N–H and O–H groups in total. The highest BCUT2D eigenvalue weighted by Gasteiger charge is 2.21. The highest BCUT2D eigenvalue weighted by atomic mass is 35.5. The molecule has 0 spiro atoms. The maximum absolute atomic E-state index is 13.8. The topological polar surface area (TPSA) is 46.9 Å². The summed E-state index contributed by atoms with van der Waals surface area (Å²) in [7, 11) is 0. The molecule has 1 amide bonds. The maximum atomic E-state index is 13.8. The molecule has 1 fully saturated rings. The van der Waals surface area contributed by atoms with Gasteiger partial charge in [-0.3, -0.25) is 9.48 Å². The van der Waals surface area contributed by atoms with Crippen LogP contribution in [0, 0.1) is 11.7 Å². The molecule has 4 nitrogen and oxygen atoms in total. The zero-order valence-corrected chi connectivity index (χ0v) is 13.5. The average molecular weight is 336 g/mol. The molecule has 0 radical (unpaired) electrons. The van der Waals surface area contributed by atoms with Crippen LogP contribution in [-0.4, -0.2) is 15.7 Å². The first-order chi connectivity index (χ1) is 11.1. The Morgan fingerprint density at radius 1 is 1.35 bits per heavy atom. The lowest BCUT2D eigenvalue weighted by atomic mass is 9.89. The molecule has 2 aromatic rings. The second kappa shape index (κ2) is 7.13. The number of benzene rings is 1. The highest BCUT2D eigenvalue weighted by molar-refractivity contribution is 6.31. The molecular formula is C17H19ClFN3O. The third-order valence-corrected chi connectivity index (χ3v) is 4.61. The van der Waals surface area contributed by atoms with Crippen molar-refractivity contribution in [1.29, 1.82) is 0 Å². The highest BCUT2D eigenvalue weighted by Crippen LogP contribution is 2.25. The summed E-state index contributed by atoms with van der Waals surface area (Å²) < 4.78 is 15.4. The van der Waals surface area contributed by atoms with Crippen LogP contribution in [0.5, 0.6) is 0 Å². The van der Waals surface area contributed by atoms with Gasteiger partial charge in [-0.05, 0) is 25.0 Å². The van der Waals surface area contributed by atoms with Crippen molar-refractivity contribution >= 4 is 23.2 Å². The van der Waals surface area contributed by atoms with Gasteiger partial charge in [0.2, 0.25) is 5.91 Å². The van der Waals surface area contributed by atoms with E-state index >= 15 is 0 Å². The van der Waals surface area contributed by atoms with Crippen molar-refractivity contribution in [1.82, 2.24) is 9.78 Å². The quantitative estimate of drug-likeness (QED) is 0.908. The Hall–Kier alpha value is -1.88. The Morgan fingerprint density at radius 2 is 2.13 bits per heavy atom. The molecule has 1 heterocycles. The van der Waals surface area contributed by atoms with E-state index in [-0.39, 0.29) is 24.2 Å². The summed E-state index contributed by atoms with van der Waals surface area (Å²) in [5.74, 6) is -0.220. The predicted molar refractivity (Wildman–Crippen MR) is 87.9 cm³/mol. The molecule has 0 saturated heterocycles. The Labute approximate surface area is 139 Å². The van der Waals surface area contributed by atoms with Gasteiger partial charge in [0.05, 0.1) is 18.4 Å². The van der Waals surface area contributed by atoms with Crippen molar-refractivity contribution < 1.29 is 9.18 Å². The van der Waals surface area contributed by atoms with Gasteiger partial charge in [0.25, 0.3) is 0 Å². The number of nitrogens with one attached hydrogen (secondary N) is 1. The maximum Gasteiger partial charge on any atom is 0.227 e. The molecule has 1 aromatic heterocycles. The number of aromatic nitrogens is 2. The molecular weight excluding hydrogens is 317 g/mol. The van der Waals surface area contributed by atoms with Crippen LogP contribution in [0.1, 0.15) is 37.7 Å². The van der Waals surface area contributed by atoms with Crippen LogP contribution in [0.4, 0.5) is 10.1 Å². The molecule has 6 heteroatoms. The number of amides is 1. The molecule has 1 aliphatic carbocycles. The molecule has 3 rings (SSSR count). The van der Waals surface area contributed by atoms with Gasteiger partial charge in [0, 0.05) is 22.7 Å². The van der Waals surface area contributed by atoms with Gasteiger partial charge in [-0.2, -0.15) is 5.10 Å². The molecule has 23 heavy (non-hydrogen) atoms. The van der Waals surface area contributed by atoms with Crippen LogP contribution >= 0.6 is 11.6 Å². The van der Waals surface area contributed by atoms with Crippen molar-refractivity contribution in [2.24, 2.45) is 5.92 Å². The van der Waals surface area contributed by atoms with E-state index in [0.29, 0.717) is 16.3 Å². The van der Waals surface area contributed by atoms with E-state index in [0.717, 1.165) is 25.7 Å². The normalized spacial score (nSPS) is 15.6. The monoisotopic (exact) mass is 335 g/mol. The molecule has 122 valence electrons. The first-order valence-electron chi connectivity index (χ1n) is 7.89. The fourth-order valence-corrected chi connectivity index (χ4v) is 3.19. The minimum atomic E-state index is -0.360. The summed E-state index contributed by atoms with van der Waals surface area (Å²) in [4.78, 5) is 12.2. The van der Waals surface area contributed by atoms with Gasteiger partial charge < -0.3 is 5.32 Å². The third kappa shape index (κ3) is 3.91. The van der Waals surface area contributed by atoms with Gasteiger partial charge in [-0.1, -0.05) is 36.9 Å². The van der Waals surface area contributed by atoms with E-state index in [4.69, 9.17) is 11.6 Å². The molecule has 1 aliphatic rings. The Balaban J connectivity index is 1.65. The lowest BCUT2D eigenvalue weighted by Gasteiger charge is -2.20. The molecule has 0 unspecified atom stereocenters. The van der Waals surface area contributed by atoms with Crippen LogP contribution in [0.15, 0.2) is 30.6 Å². The van der Waals surface area contributed by atoms with Crippen LogP contribution in [0.25, 0.3) is 0 Å². The van der Waals surface area contributed by atoms with E-state index in [2.05, 4.69) is 10.4 Å². The summed E-state index contributed by atoms with van der Waals surface area (Å²) in [6, 6.07) is 4.59. The number of carbonyl (C=O) groups is 1. The van der Waals surface area contributed by atoms with Gasteiger partial charge in [0.1, 0.15) is 5.82 Å². The van der Waals surface area contributed by atoms with E-state index in [1.54, 1.807) is 29.2 Å². The number of carbonyl (C=O) groups excluding carboxylic acids is 1. The molecule has 1 aromatic carbocycles. The Morgan fingerprint density at radius 3 is 2.87 bits per heavy atom.